The average molecular weight is 371 g/mol. The molecule has 0 unspecified atom stereocenters. The Labute approximate surface area is 163 Å². The number of likely N-dealkylation sites (tertiary alicyclic amines) is 1. The average Bonchev–Trinajstić information content (AvgIpc) is 3.43. The molecular formula is C22H21N5O. The van der Waals surface area contributed by atoms with Crippen molar-refractivity contribution in [1.29, 1.82) is 0 Å². The van der Waals surface area contributed by atoms with Crippen LogP contribution in [0.3, 0.4) is 0 Å². The summed E-state index contributed by atoms with van der Waals surface area (Å²) >= 11 is 0. The first-order valence-corrected chi connectivity index (χ1v) is 9.58. The van der Waals surface area contributed by atoms with Crippen LogP contribution in [0, 0.1) is 0 Å². The van der Waals surface area contributed by atoms with Gasteiger partial charge in [0.1, 0.15) is 5.75 Å². The molecule has 0 saturated carbocycles. The van der Waals surface area contributed by atoms with Gasteiger partial charge < -0.3 is 4.74 Å². The molecular weight excluding hydrogens is 350 g/mol. The van der Waals surface area contributed by atoms with E-state index >= 15 is 0 Å². The molecule has 2 aromatic heterocycles. The summed E-state index contributed by atoms with van der Waals surface area (Å²) in [5, 5.41) is 9.21. The van der Waals surface area contributed by atoms with Crippen LogP contribution in [0.4, 0.5) is 0 Å². The molecule has 3 heterocycles. The van der Waals surface area contributed by atoms with Gasteiger partial charge in [-0.15, -0.1) is 0 Å². The number of hydrogen-bond acceptors (Lipinski definition) is 5. The van der Waals surface area contributed by atoms with Crippen molar-refractivity contribution in [2.75, 3.05) is 13.1 Å². The lowest BCUT2D eigenvalue weighted by molar-refractivity contribution is 0.331. The highest BCUT2D eigenvalue weighted by Gasteiger charge is 2.12. The number of benzene rings is 2. The summed E-state index contributed by atoms with van der Waals surface area (Å²) < 4.78 is 5.84. The van der Waals surface area contributed by atoms with E-state index in [1.807, 2.05) is 18.2 Å². The molecule has 1 N–H and O–H groups in total. The van der Waals surface area contributed by atoms with Gasteiger partial charge >= 0.3 is 6.01 Å². The molecule has 0 bridgehead atoms. The lowest BCUT2D eigenvalue weighted by Crippen LogP contribution is -2.18. The summed E-state index contributed by atoms with van der Waals surface area (Å²) in [6.07, 6.45) is 7.78. The van der Waals surface area contributed by atoms with Gasteiger partial charge in [-0.25, -0.2) is 9.97 Å². The minimum absolute atomic E-state index is 0.327. The predicted octanol–water partition coefficient (Wildman–Crippen LogP) is 4.41. The molecule has 5 rings (SSSR count). The van der Waals surface area contributed by atoms with Crippen LogP contribution in [0.15, 0.2) is 61.1 Å². The number of aromatic amines is 1. The van der Waals surface area contributed by atoms with Gasteiger partial charge in [0, 0.05) is 30.7 Å². The van der Waals surface area contributed by atoms with Gasteiger partial charge in [-0.05, 0) is 66.5 Å². The lowest BCUT2D eigenvalue weighted by Gasteiger charge is -2.15. The van der Waals surface area contributed by atoms with Gasteiger partial charge in [0.15, 0.2) is 0 Å². The lowest BCUT2D eigenvalue weighted by atomic mass is 10.1. The molecule has 0 spiro atoms. The molecule has 1 fully saturated rings. The molecule has 6 heteroatoms. The predicted molar refractivity (Wildman–Crippen MR) is 108 cm³/mol. The SMILES string of the molecule is c1cc(-c2cnc(Oc3ccc4cc(CN5CCCC5)ccc4c3)nc2)[nH]n1. The Bertz CT molecular complexity index is 1070. The molecule has 140 valence electrons. The number of nitrogens with one attached hydrogen (secondary N) is 1. The monoisotopic (exact) mass is 371 g/mol. The maximum atomic E-state index is 5.84. The molecule has 0 atom stereocenters. The molecule has 1 aliphatic heterocycles. The largest absolute Gasteiger partial charge is 0.424 e. The molecule has 1 saturated heterocycles. The van der Waals surface area contributed by atoms with Crippen molar-refractivity contribution in [1.82, 2.24) is 25.1 Å². The summed E-state index contributed by atoms with van der Waals surface area (Å²) in [7, 11) is 0. The Morgan fingerprint density at radius 2 is 1.71 bits per heavy atom. The fraction of sp³-hybridized carbons (Fsp3) is 0.227. The van der Waals surface area contributed by atoms with E-state index in [1.54, 1.807) is 18.6 Å². The number of hydrogen-bond donors (Lipinski definition) is 1. The van der Waals surface area contributed by atoms with E-state index in [4.69, 9.17) is 4.74 Å². The topological polar surface area (TPSA) is 66.9 Å². The second-order valence-electron chi connectivity index (χ2n) is 7.15. The fourth-order valence-corrected chi connectivity index (χ4v) is 3.66. The van der Waals surface area contributed by atoms with Gasteiger partial charge in [0.05, 0.1) is 5.69 Å². The van der Waals surface area contributed by atoms with Crippen molar-refractivity contribution in [2.45, 2.75) is 19.4 Å². The fourth-order valence-electron chi connectivity index (χ4n) is 3.66. The summed E-state index contributed by atoms with van der Waals surface area (Å²) in [5.74, 6) is 0.731. The van der Waals surface area contributed by atoms with Gasteiger partial charge in [-0.1, -0.05) is 18.2 Å². The number of nitrogens with zero attached hydrogens (tertiary/aromatic N) is 4. The Kier molecular flexibility index (Phi) is 4.47. The Balaban J connectivity index is 1.32. The van der Waals surface area contributed by atoms with Crippen LogP contribution in [0.1, 0.15) is 18.4 Å². The third-order valence-electron chi connectivity index (χ3n) is 5.13. The van der Waals surface area contributed by atoms with Crippen LogP contribution in [-0.4, -0.2) is 38.2 Å². The van der Waals surface area contributed by atoms with Crippen LogP contribution in [0.2, 0.25) is 0 Å². The summed E-state index contributed by atoms with van der Waals surface area (Å²) in [6.45, 7) is 3.46. The van der Waals surface area contributed by atoms with Crippen molar-refractivity contribution in [3.63, 3.8) is 0 Å². The van der Waals surface area contributed by atoms with Gasteiger partial charge in [-0.3, -0.25) is 10.00 Å². The highest BCUT2D eigenvalue weighted by Crippen LogP contribution is 2.26. The molecule has 0 radical (unpaired) electrons. The van der Waals surface area contributed by atoms with Crippen molar-refractivity contribution in [3.8, 4) is 23.0 Å². The highest BCUT2D eigenvalue weighted by atomic mass is 16.5. The Hall–Kier alpha value is -3.25. The Morgan fingerprint density at radius 1 is 0.929 bits per heavy atom. The van der Waals surface area contributed by atoms with Crippen LogP contribution >= 0.6 is 0 Å². The van der Waals surface area contributed by atoms with Crippen LogP contribution in [0.5, 0.6) is 11.8 Å². The van der Waals surface area contributed by atoms with Crippen molar-refractivity contribution >= 4 is 10.8 Å². The maximum Gasteiger partial charge on any atom is 0.321 e. The third-order valence-corrected chi connectivity index (χ3v) is 5.13. The maximum absolute atomic E-state index is 5.84. The van der Waals surface area contributed by atoms with E-state index in [-0.39, 0.29) is 0 Å². The molecule has 0 aliphatic carbocycles. The summed E-state index contributed by atoms with van der Waals surface area (Å²) in [5.41, 5.74) is 3.11. The van der Waals surface area contributed by atoms with E-state index in [9.17, 15) is 0 Å². The van der Waals surface area contributed by atoms with E-state index in [0.717, 1.165) is 28.9 Å². The van der Waals surface area contributed by atoms with Crippen molar-refractivity contribution in [2.24, 2.45) is 0 Å². The first-order chi connectivity index (χ1) is 13.8. The number of ether oxygens (including phenoxy) is 1. The van der Waals surface area contributed by atoms with Gasteiger partial charge in [0.2, 0.25) is 0 Å². The van der Waals surface area contributed by atoms with Gasteiger partial charge in [0.25, 0.3) is 0 Å². The van der Waals surface area contributed by atoms with Crippen LogP contribution < -0.4 is 4.74 Å². The Morgan fingerprint density at radius 3 is 2.50 bits per heavy atom. The zero-order valence-electron chi connectivity index (χ0n) is 15.5. The number of H-pyrrole nitrogens is 1. The second-order valence-corrected chi connectivity index (χ2v) is 7.15. The van der Waals surface area contributed by atoms with E-state index in [0.29, 0.717) is 6.01 Å². The van der Waals surface area contributed by atoms with E-state index in [1.165, 1.54) is 36.9 Å². The minimum Gasteiger partial charge on any atom is -0.424 e. The molecule has 1 aliphatic rings. The zero-order valence-corrected chi connectivity index (χ0v) is 15.5. The number of fused-ring (bicyclic) bond motifs is 1. The quantitative estimate of drug-likeness (QED) is 0.563. The number of rotatable bonds is 5. The third kappa shape index (κ3) is 3.59. The van der Waals surface area contributed by atoms with E-state index in [2.05, 4.69) is 49.3 Å². The first kappa shape index (κ1) is 16.9. The standard InChI is InChI=1S/C22H21N5O/c1-2-10-27(9-1)15-16-3-4-18-12-20(6-5-17(18)11-16)28-22-23-13-19(14-24-22)21-7-8-25-26-21/h3-8,11-14H,1-2,9-10,15H2,(H,25,26). The molecule has 0 amide bonds. The number of aromatic nitrogens is 4. The van der Waals surface area contributed by atoms with E-state index < -0.39 is 0 Å². The van der Waals surface area contributed by atoms with Crippen LogP contribution in [0.25, 0.3) is 22.0 Å². The zero-order chi connectivity index (χ0) is 18.8. The summed E-state index contributed by atoms with van der Waals surface area (Å²) in [6, 6.07) is 14.9. The smallest absolute Gasteiger partial charge is 0.321 e. The van der Waals surface area contributed by atoms with Crippen LogP contribution in [-0.2, 0) is 6.54 Å². The van der Waals surface area contributed by atoms with Crippen molar-refractivity contribution < 1.29 is 4.74 Å². The minimum atomic E-state index is 0.327. The summed E-state index contributed by atoms with van der Waals surface area (Å²) in [4.78, 5) is 11.1. The van der Waals surface area contributed by atoms with Crippen molar-refractivity contribution in [3.05, 3.63) is 66.6 Å². The highest BCUT2D eigenvalue weighted by molar-refractivity contribution is 5.84. The molecule has 6 nitrogen and oxygen atoms in total. The molecule has 4 aromatic rings. The molecule has 28 heavy (non-hydrogen) atoms. The molecule has 2 aromatic carbocycles. The first-order valence-electron chi connectivity index (χ1n) is 9.58. The van der Waals surface area contributed by atoms with Gasteiger partial charge in [-0.2, -0.15) is 5.10 Å². The normalized spacial score (nSPS) is 14.6. The second kappa shape index (κ2) is 7.40.